The minimum Gasteiger partial charge on any atom is -0.326 e. The van der Waals surface area contributed by atoms with Gasteiger partial charge in [0.1, 0.15) is 0 Å². The lowest BCUT2D eigenvalue weighted by Crippen LogP contribution is -2.42. The second-order valence-corrected chi connectivity index (χ2v) is 5.88. The molecular formula is C12H21BrN2O. The van der Waals surface area contributed by atoms with E-state index in [1.807, 2.05) is 16.8 Å². The number of carbonyl (C=O) groups excluding carboxylic acids is 1. The summed E-state index contributed by atoms with van der Waals surface area (Å²) in [6, 6.07) is 0.214. The maximum atomic E-state index is 11.9. The molecule has 2 fully saturated rings. The molecule has 0 spiro atoms. The van der Waals surface area contributed by atoms with Gasteiger partial charge in [-0.25, -0.2) is 4.79 Å². The SMILES string of the molecule is CN1CCN(CC2(CBr)CCCCC2)C1=O. The van der Waals surface area contributed by atoms with Gasteiger partial charge < -0.3 is 9.80 Å². The van der Waals surface area contributed by atoms with Crippen molar-refractivity contribution in [2.24, 2.45) is 5.41 Å². The average molecular weight is 289 g/mol. The Balaban J connectivity index is 1.98. The number of hydrogen-bond donors (Lipinski definition) is 0. The molecule has 2 amide bonds. The van der Waals surface area contributed by atoms with Crippen LogP contribution in [-0.2, 0) is 0 Å². The minimum atomic E-state index is 0.214. The summed E-state index contributed by atoms with van der Waals surface area (Å²) in [5.41, 5.74) is 0.346. The van der Waals surface area contributed by atoms with E-state index in [1.165, 1.54) is 32.1 Å². The second kappa shape index (κ2) is 4.94. The minimum absolute atomic E-state index is 0.214. The summed E-state index contributed by atoms with van der Waals surface area (Å²) in [5, 5.41) is 1.04. The third-order valence-corrected chi connectivity index (χ3v) is 5.22. The van der Waals surface area contributed by atoms with E-state index in [0.29, 0.717) is 5.41 Å². The lowest BCUT2D eigenvalue weighted by atomic mass is 9.75. The monoisotopic (exact) mass is 288 g/mol. The highest BCUT2D eigenvalue weighted by Crippen LogP contribution is 2.39. The molecule has 0 bridgehead atoms. The Morgan fingerprint density at radius 2 is 1.94 bits per heavy atom. The zero-order valence-electron chi connectivity index (χ0n) is 10.0. The van der Waals surface area contributed by atoms with Gasteiger partial charge in [-0.2, -0.15) is 0 Å². The third kappa shape index (κ3) is 2.36. The predicted molar refractivity (Wildman–Crippen MR) is 68.9 cm³/mol. The lowest BCUT2D eigenvalue weighted by molar-refractivity contribution is 0.144. The first-order valence-electron chi connectivity index (χ1n) is 6.23. The quantitative estimate of drug-likeness (QED) is 0.733. The summed E-state index contributed by atoms with van der Waals surface area (Å²) in [5.74, 6) is 0. The van der Waals surface area contributed by atoms with Crippen LogP contribution in [0.1, 0.15) is 32.1 Å². The molecule has 3 nitrogen and oxygen atoms in total. The van der Waals surface area contributed by atoms with Crippen LogP contribution in [0.15, 0.2) is 0 Å². The smallest absolute Gasteiger partial charge is 0.319 e. The van der Waals surface area contributed by atoms with Crippen molar-refractivity contribution < 1.29 is 4.79 Å². The van der Waals surface area contributed by atoms with E-state index in [4.69, 9.17) is 0 Å². The Morgan fingerprint density at radius 3 is 2.44 bits per heavy atom. The highest BCUT2D eigenvalue weighted by atomic mass is 79.9. The summed E-state index contributed by atoms with van der Waals surface area (Å²) in [4.78, 5) is 15.7. The molecule has 0 unspecified atom stereocenters. The van der Waals surface area contributed by atoms with Crippen LogP contribution < -0.4 is 0 Å². The highest BCUT2D eigenvalue weighted by Gasteiger charge is 2.36. The molecule has 16 heavy (non-hydrogen) atoms. The topological polar surface area (TPSA) is 23.6 Å². The van der Waals surface area contributed by atoms with Gasteiger partial charge in [-0.1, -0.05) is 35.2 Å². The van der Waals surface area contributed by atoms with Crippen LogP contribution in [0.3, 0.4) is 0 Å². The normalized spacial score (nSPS) is 25.2. The van der Waals surface area contributed by atoms with Crippen molar-refractivity contribution in [1.29, 1.82) is 0 Å². The molecule has 92 valence electrons. The Kier molecular flexibility index (Phi) is 3.77. The first-order valence-corrected chi connectivity index (χ1v) is 7.35. The van der Waals surface area contributed by atoms with E-state index in [-0.39, 0.29) is 6.03 Å². The van der Waals surface area contributed by atoms with Gasteiger partial charge in [0, 0.05) is 32.0 Å². The Morgan fingerprint density at radius 1 is 1.25 bits per heavy atom. The summed E-state index contributed by atoms with van der Waals surface area (Å²) < 4.78 is 0. The maximum Gasteiger partial charge on any atom is 0.319 e. The molecule has 0 radical (unpaired) electrons. The van der Waals surface area contributed by atoms with E-state index in [0.717, 1.165) is 25.0 Å². The molecule has 1 heterocycles. The Labute approximate surface area is 106 Å². The van der Waals surface area contributed by atoms with E-state index in [2.05, 4.69) is 15.9 Å². The van der Waals surface area contributed by atoms with Crippen LogP contribution in [0.4, 0.5) is 4.79 Å². The van der Waals surface area contributed by atoms with Crippen molar-refractivity contribution in [3.63, 3.8) is 0 Å². The number of nitrogens with zero attached hydrogens (tertiary/aromatic N) is 2. The van der Waals surface area contributed by atoms with Crippen LogP contribution in [0.2, 0.25) is 0 Å². The lowest BCUT2D eigenvalue weighted by Gasteiger charge is -2.38. The first-order chi connectivity index (χ1) is 7.67. The van der Waals surface area contributed by atoms with E-state index < -0.39 is 0 Å². The molecule has 4 heteroatoms. The first kappa shape index (κ1) is 12.2. The van der Waals surface area contributed by atoms with Gasteiger partial charge in [0.15, 0.2) is 0 Å². The summed E-state index contributed by atoms with van der Waals surface area (Å²) in [6.45, 7) is 2.74. The average Bonchev–Trinajstić information content (AvgIpc) is 2.62. The number of likely N-dealkylation sites (N-methyl/N-ethyl adjacent to an activating group) is 1. The molecule has 0 N–H and O–H groups in total. The van der Waals surface area contributed by atoms with Crippen molar-refractivity contribution >= 4 is 22.0 Å². The van der Waals surface area contributed by atoms with Crippen LogP contribution in [0, 0.1) is 5.41 Å². The van der Waals surface area contributed by atoms with Gasteiger partial charge in [0.2, 0.25) is 0 Å². The van der Waals surface area contributed by atoms with Crippen LogP contribution in [0.5, 0.6) is 0 Å². The fourth-order valence-corrected chi connectivity index (χ4v) is 3.63. The molecule has 0 aromatic rings. The zero-order chi connectivity index (χ0) is 11.6. The summed E-state index contributed by atoms with van der Waals surface area (Å²) >= 11 is 3.66. The van der Waals surface area contributed by atoms with Crippen LogP contribution >= 0.6 is 15.9 Å². The van der Waals surface area contributed by atoms with Crippen molar-refractivity contribution in [3.8, 4) is 0 Å². The zero-order valence-corrected chi connectivity index (χ0v) is 11.6. The summed E-state index contributed by atoms with van der Waals surface area (Å²) in [6.07, 6.45) is 6.55. The van der Waals surface area contributed by atoms with E-state index in [9.17, 15) is 4.79 Å². The van der Waals surface area contributed by atoms with Gasteiger partial charge >= 0.3 is 6.03 Å². The van der Waals surface area contributed by atoms with Crippen molar-refractivity contribution in [3.05, 3.63) is 0 Å². The molecule has 1 aliphatic carbocycles. The molecular weight excluding hydrogens is 268 g/mol. The maximum absolute atomic E-state index is 11.9. The number of hydrogen-bond acceptors (Lipinski definition) is 1. The largest absolute Gasteiger partial charge is 0.326 e. The number of carbonyl (C=O) groups is 1. The standard InChI is InChI=1S/C12H21BrN2O/c1-14-7-8-15(11(14)16)10-12(9-13)5-3-2-4-6-12/h2-10H2,1H3. The predicted octanol–water partition coefficient (Wildman–Crippen LogP) is 2.70. The van der Waals surface area contributed by atoms with Gasteiger partial charge in [0.05, 0.1) is 0 Å². The Hall–Kier alpha value is -0.250. The van der Waals surface area contributed by atoms with Gasteiger partial charge in [0.25, 0.3) is 0 Å². The van der Waals surface area contributed by atoms with E-state index in [1.54, 1.807) is 0 Å². The molecule has 2 rings (SSSR count). The van der Waals surface area contributed by atoms with Crippen molar-refractivity contribution in [1.82, 2.24) is 9.80 Å². The number of alkyl halides is 1. The Bertz CT molecular complexity index is 264. The molecule has 2 aliphatic rings. The van der Waals surface area contributed by atoms with E-state index >= 15 is 0 Å². The van der Waals surface area contributed by atoms with Gasteiger partial charge in [-0.05, 0) is 18.3 Å². The van der Waals surface area contributed by atoms with Crippen LogP contribution in [-0.4, -0.2) is 47.8 Å². The number of amides is 2. The highest BCUT2D eigenvalue weighted by molar-refractivity contribution is 9.09. The molecule has 1 saturated carbocycles. The molecule has 0 aromatic heterocycles. The molecule has 1 aliphatic heterocycles. The number of rotatable bonds is 3. The van der Waals surface area contributed by atoms with Gasteiger partial charge in [-0.3, -0.25) is 0 Å². The number of halogens is 1. The molecule has 0 aromatic carbocycles. The van der Waals surface area contributed by atoms with Crippen molar-refractivity contribution in [2.45, 2.75) is 32.1 Å². The van der Waals surface area contributed by atoms with Crippen LogP contribution in [0.25, 0.3) is 0 Å². The fraction of sp³-hybridized carbons (Fsp3) is 0.917. The van der Waals surface area contributed by atoms with Gasteiger partial charge in [-0.15, -0.1) is 0 Å². The fourth-order valence-electron chi connectivity index (χ4n) is 2.89. The third-order valence-electron chi connectivity index (χ3n) is 4.03. The molecule has 1 saturated heterocycles. The summed E-state index contributed by atoms with van der Waals surface area (Å²) in [7, 11) is 1.89. The second-order valence-electron chi connectivity index (χ2n) is 5.32. The van der Waals surface area contributed by atoms with Crippen molar-refractivity contribution in [2.75, 3.05) is 32.0 Å². The molecule has 0 atom stereocenters. The number of urea groups is 1.